The molecule has 1 aliphatic rings. The molecule has 3 aromatic rings. The fourth-order valence-corrected chi connectivity index (χ4v) is 11.9. The fourth-order valence-electron chi connectivity index (χ4n) is 9.35. The summed E-state index contributed by atoms with van der Waals surface area (Å²) in [6, 6.07) is 11.3. The first-order valence-electron chi connectivity index (χ1n) is 31.4. The minimum Gasteiger partial charge on any atom is -0.497 e. The second-order valence-corrected chi connectivity index (χ2v) is 37.5. The number of amides is 4. The summed E-state index contributed by atoms with van der Waals surface area (Å²) in [4.78, 5) is 113. The van der Waals surface area contributed by atoms with Gasteiger partial charge in [-0.05, 0) is 130 Å². The van der Waals surface area contributed by atoms with Crippen LogP contribution >= 0.6 is 0 Å². The summed E-state index contributed by atoms with van der Waals surface area (Å²) in [5.41, 5.74) is 6.59. The Kier molecular flexibility index (Phi) is 28.4. The van der Waals surface area contributed by atoms with Crippen LogP contribution in [-0.4, -0.2) is 158 Å². The molecule has 2 heterocycles. The molecular formula is C63H104N11O16Si2+. The van der Waals surface area contributed by atoms with E-state index in [1.807, 2.05) is 51.5 Å². The average Bonchev–Trinajstić information content (AvgIpc) is 1.58. The Morgan fingerprint density at radius 2 is 1.37 bits per heavy atom. The van der Waals surface area contributed by atoms with Crippen LogP contribution in [0.5, 0.6) is 5.75 Å². The number of rotatable bonds is 32. The normalized spacial score (nSPS) is 18.2. The Hall–Kier alpha value is -7.03. The number of urea groups is 1. The number of nitrogens with two attached hydrogens (primary N) is 1. The van der Waals surface area contributed by atoms with Gasteiger partial charge in [0.2, 0.25) is 11.8 Å². The first-order chi connectivity index (χ1) is 42.7. The Balaban J connectivity index is 1.64. The first kappa shape index (κ1) is 77.4. The van der Waals surface area contributed by atoms with Gasteiger partial charge in [0.15, 0.2) is 22.9 Å². The van der Waals surface area contributed by atoms with Gasteiger partial charge in [0.05, 0.1) is 13.7 Å². The lowest BCUT2D eigenvalue weighted by Gasteiger charge is -2.44. The van der Waals surface area contributed by atoms with Crippen molar-refractivity contribution in [1.82, 2.24) is 41.1 Å². The van der Waals surface area contributed by atoms with E-state index in [1.54, 1.807) is 83.1 Å². The minimum atomic E-state index is -2.85. The maximum absolute atomic E-state index is 14.8. The van der Waals surface area contributed by atoms with Gasteiger partial charge in [-0.3, -0.25) is 28.3 Å². The maximum Gasteiger partial charge on any atom is 0.362 e. The molecule has 0 spiro atoms. The van der Waals surface area contributed by atoms with E-state index in [4.69, 9.17) is 38.7 Å². The molecule has 0 aliphatic carbocycles. The molecule has 514 valence electrons. The molecule has 0 saturated carbocycles. The van der Waals surface area contributed by atoms with E-state index in [-0.39, 0.29) is 69.4 Å². The highest BCUT2D eigenvalue weighted by Crippen LogP contribution is 2.46. The van der Waals surface area contributed by atoms with E-state index in [2.05, 4.69) is 73.1 Å². The lowest BCUT2D eigenvalue weighted by molar-refractivity contribution is -0.822. The number of aliphatic hydroxyl groups excluding tert-OH is 1. The summed E-state index contributed by atoms with van der Waals surface area (Å²) in [7, 11) is -4.14. The molecule has 0 radical (unpaired) electrons. The molecule has 1 aromatic heterocycles. The number of benzene rings is 2. The van der Waals surface area contributed by atoms with Gasteiger partial charge in [-0.25, -0.2) is 24.6 Å². The number of aromatic nitrogens is 2. The molecule has 9 atom stereocenters. The number of nitrogens with zero attached hydrogens (tertiary/aromatic N) is 4. The summed E-state index contributed by atoms with van der Waals surface area (Å²) in [5, 5.41) is 34.5. The summed E-state index contributed by atoms with van der Waals surface area (Å²) in [6.45, 7) is 32.6. The van der Waals surface area contributed by atoms with E-state index in [9.17, 15) is 43.6 Å². The number of aliphatic hydroxyl groups is 1. The topological polar surface area (TPSA) is 356 Å². The lowest BCUT2D eigenvalue weighted by atomic mass is 9.99. The van der Waals surface area contributed by atoms with Crippen molar-refractivity contribution in [3.05, 3.63) is 104 Å². The van der Waals surface area contributed by atoms with Crippen molar-refractivity contribution in [1.29, 1.82) is 0 Å². The van der Waals surface area contributed by atoms with Crippen molar-refractivity contribution in [2.24, 2.45) is 22.6 Å². The number of carbonyl (C=O) groups excluding carboxylic acids is 5. The summed E-state index contributed by atoms with van der Waals surface area (Å²) in [5.74, 6) is -3.22. The number of hydrogen-bond acceptors (Lipinski definition) is 17. The van der Waals surface area contributed by atoms with Crippen LogP contribution in [-0.2, 0) is 55.4 Å². The number of ether oxygens (including phenoxy) is 4. The van der Waals surface area contributed by atoms with E-state index >= 15 is 0 Å². The molecule has 1 unspecified atom stereocenters. The number of methoxy groups -OCH3 is 1. The molecule has 1 saturated heterocycles. The number of esters is 2. The molecular weight excluding hydrogens is 1220 g/mol. The third kappa shape index (κ3) is 23.2. The van der Waals surface area contributed by atoms with Crippen LogP contribution in [0.4, 0.5) is 4.79 Å². The zero-order valence-electron chi connectivity index (χ0n) is 57.0. The summed E-state index contributed by atoms with van der Waals surface area (Å²) >= 11 is 0. The minimum absolute atomic E-state index is 0.00720. The standard InChI is InChI=1S/C63H103N11O16Si2/c1-39(2)36-45(68-54(78)44(26-22-32-67-58(64)71-74(83)84)69-59(81)70-47(40(3)4)56(79)86-38-42-24-20-19-21-25-42)53(77)66-34-23-33-65-48(57(80)88-61(5,6)7)49(76)50-51(89-91(15,16)62(8,9)10)52(90-92(17,18)63(11,12)13)55(87-50)72-35-31-46(75)73(60(72)82)37-41-27-29-43(85-14)30-28-41/h19-21,24-25,27-31,35,39-40,44-45,47-52,55,65,76H,22-23,26,32-34,36-38H2,1-18H3,(H7-,64,66,67,68,69,70,71,77,78,81,83,84)/p+1/t44-,45-,47-,48-,49+,50?,51+,52+,55+/m0/s1. The number of nitrogens with one attached hydrogen (secondary N) is 6. The van der Waals surface area contributed by atoms with Gasteiger partial charge in [-0.15, -0.1) is 0 Å². The molecule has 92 heavy (non-hydrogen) atoms. The van der Waals surface area contributed by atoms with Crippen LogP contribution in [0, 0.1) is 16.7 Å². The van der Waals surface area contributed by atoms with Crippen molar-refractivity contribution in [2.45, 2.75) is 226 Å². The second kappa shape index (κ2) is 33.7. The lowest BCUT2D eigenvalue weighted by Crippen LogP contribution is -2.59. The molecule has 29 heteroatoms. The van der Waals surface area contributed by atoms with Gasteiger partial charge in [0.25, 0.3) is 11.5 Å². The van der Waals surface area contributed by atoms with Gasteiger partial charge >= 0.3 is 28.7 Å². The van der Waals surface area contributed by atoms with Crippen molar-refractivity contribution >= 4 is 52.4 Å². The summed E-state index contributed by atoms with van der Waals surface area (Å²) < 4.78 is 40.6. The number of hydrazine groups is 1. The largest absolute Gasteiger partial charge is 0.497 e. The number of aliphatic imine (C=N–C) groups is 1. The SMILES string of the molecule is COc1ccc(Cn2c(=O)ccn([C@@H]3OC([C@H](O)[C@H](NCCCNC(=O)[C@H](CC(C)C)NC(=O)[C@H](CCCN=C(N)N[N+](=O)O)NC(=O)N[C@H](C(=O)OCc4ccccc4)C(C)C)C(=O)OC(C)(C)C)[C@@H](O[Si](C)(C)C(C)(C)C)[C@H]3O[Si](C)(C)C(C)(C)C)c2=O)cc1. The van der Waals surface area contributed by atoms with E-state index in [0.29, 0.717) is 11.3 Å². The molecule has 4 amide bonds. The highest BCUT2D eigenvalue weighted by Gasteiger charge is 2.58. The molecule has 4 rings (SSSR count). The Morgan fingerprint density at radius 3 is 1.92 bits per heavy atom. The maximum atomic E-state index is 14.8. The highest BCUT2D eigenvalue weighted by atomic mass is 28.4. The second-order valence-electron chi connectivity index (χ2n) is 28.0. The van der Waals surface area contributed by atoms with Crippen LogP contribution in [0.15, 0.2) is 81.4 Å². The third-order valence-corrected chi connectivity index (χ3v) is 25.4. The molecule has 0 bridgehead atoms. The highest BCUT2D eigenvalue weighted by molar-refractivity contribution is 6.74. The fraction of sp³-hybridized carbons (Fsp3) is 0.651. The molecule has 27 nitrogen and oxygen atoms in total. The van der Waals surface area contributed by atoms with E-state index in [0.717, 1.165) is 10.1 Å². The van der Waals surface area contributed by atoms with E-state index < -0.39 is 140 Å². The first-order valence-corrected chi connectivity index (χ1v) is 37.2. The van der Waals surface area contributed by atoms with Gasteiger partial charge < -0.3 is 65.2 Å². The van der Waals surface area contributed by atoms with Gasteiger partial charge in [0, 0.05) is 25.4 Å². The number of hydrogen-bond donors (Lipinski definition) is 9. The third-order valence-electron chi connectivity index (χ3n) is 16.5. The molecule has 2 aromatic carbocycles. The monoisotopic (exact) mass is 1330 g/mol. The zero-order valence-corrected chi connectivity index (χ0v) is 59.0. The van der Waals surface area contributed by atoms with Crippen molar-refractivity contribution in [2.75, 3.05) is 26.7 Å². The Labute approximate surface area is 542 Å². The predicted molar refractivity (Wildman–Crippen MR) is 352 cm³/mol. The van der Waals surface area contributed by atoms with Gasteiger partial charge in [0.1, 0.15) is 71.4 Å². The van der Waals surface area contributed by atoms with Crippen LogP contribution in [0.1, 0.15) is 133 Å². The van der Waals surface area contributed by atoms with Crippen molar-refractivity contribution in [3.8, 4) is 5.75 Å². The number of guanidine groups is 1. The zero-order chi connectivity index (χ0) is 69.3. The molecule has 10 N–H and O–H groups in total. The average molecular weight is 1330 g/mol. The van der Waals surface area contributed by atoms with Crippen molar-refractivity contribution in [3.63, 3.8) is 0 Å². The smallest absolute Gasteiger partial charge is 0.362 e. The van der Waals surface area contributed by atoms with Crippen LogP contribution in [0.3, 0.4) is 0 Å². The van der Waals surface area contributed by atoms with Crippen LogP contribution in [0.2, 0.25) is 36.3 Å². The van der Waals surface area contributed by atoms with Crippen molar-refractivity contribution < 1.29 is 67.1 Å². The van der Waals surface area contributed by atoms with Gasteiger partial charge in [-0.1, -0.05) is 112 Å². The Morgan fingerprint density at radius 1 is 0.761 bits per heavy atom. The summed E-state index contributed by atoms with van der Waals surface area (Å²) in [6.07, 6.45) is -4.80. The van der Waals surface area contributed by atoms with Gasteiger partial charge in [-0.2, -0.15) is 0 Å². The number of carbonyl (C=O) groups is 5. The molecule has 1 fully saturated rings. The molecule has 1 aliphatic heterocycles. The quantitative estimate of drug-likeness (QED) is 0.00911. The van der Waals surface area contributed by atoms with E-state index in [1.165, 1.54) is 23.9 Å². The van der Waals surface area contributed by atoms with Crippen LogP contribution < -0.4 is 53.7 Å². The van der Waals surface area contributed by atoms with Crippen LogP contribution in [0.25, 0.3) is 0 Å². The Bertz CT molecular complexity index is 3090. The predicted octanol–water partition coefficient (Wildman–Crippen LogP) is 5.65.